The molecule has 0 bridgehead atoms. The Bertz CT molecular complexity index is 124. The second-order valence-electron chi connectivity index (χ2n) is 2.46. The van der Waals surface area contributed by atoms with Crippen LogP contribution in [0.4, 0.5) is 0 Å². The van der Waals surface area contributed by atoms with Crippen LogP contribution in [-0.4, -0.2) is 25.5 Å². The van der Waals surface area contributed by atoms with Crippen LogP contribution >= 0.6 is 0 Å². The molecule has 0 aromatic carbocycles. The molecule has 1 saturated heterocycles. The minimum Gasteiger partial charge on any atom is -0.352 e. The minimum absolute atomic E-state index is 0.178. The summed E-state index contributed by atoms with van der Waals surface area (Å²) < 4.78 is 0. The maximum absolute atomic E-state index is 10.7. The van der Waals surface area contributed by atoms with Gasteiger partial charge in [-0.15, -0.1) is 0 Å². The summed E-state index contributed by atoms with van der Waals surface area (Å²) in [4.78, 5) is 10.7. The Labute approximate surface area is 54.8 Å². The molecule has 1 aliphatic rings. The van der Waals surface area contributed by atoms with Crippen molar-refractivity contribution in [3.63, 3.8) is 0 Å². The summed E-state index contributed by atoms with van der Waals surface area (Å²) in [5, 5.41) is 5.73. The lowest BCUT2D eigenvalue weighted by Crippen LogP contribution is -2.59. The normalized spacial score (nSPS) is 33.3. The Morgan fingerprint density at radius 1 is 1.78 bits per heavy atom. The smallest absolute Gasteiger partial charge is 0.226 e. The average Bonchev–Trinajstić information content (AvgIpc) is 1.84. The molecular weight excluding hydrogens is 116 g/mol. The number of carbonyl (C=O) groups is 1. The quantitative estimate of drug-likeness (QED) is 0.485. The first-order valence-electron chi connectivity index (χ1n) is 3.20. The van der Waals surface area contributed by atoms with Gasteiger partial charge in [0, 0.05) is 12.6 Å². The molecule has 0 spiro atoms. The van der Waals surface area contributed by atoms with Gasteiger partial charge >= 0.3 is 0 Å². The predicted molar refractivity (Wildman–Crippen MR) is 35.0 cm³/mol. The topological polar surface area (TPSA) is 41.1 Å². The van der Waals surface area contributed by atoms with Gasteiger partial charge in [0.2, 0.25) is 5.91 Å². The zero-order chi connectivity index (χ0) is 6.85. The molecule has 0 aromatic rings. The highest BCUT2D eigenvalue weighted by Crippen LogP contribution is 2.11. The van der Waals surface area contributed by atoms with Gasteiger partial charge in [0.15, 0.2) is 0 Å². The first-order valence-corrected chi connectivity index (χ1v) is 3.20. The fourth-order valence-corrected chi connectivity index (χ4v) is 1.05. The molecule has 0 unspecified atom stereocenters. The number of carbonyl (C=O) groups excluding carboxylic acids is 1. The van der Waals surface area contributed by atoms with Gasteiger partial charge in [0.25, 0.3) is 0 Å². The van der Waals surface area contributed by atoms with Crippen LogP contribution in [0.5, 0.6) is 0 Å². The highest BCUT2D eigenvalue weighted by molar-refractivity contribution is 5.85. The highest BCUT2D eigenvalue weighted by Gasteiger charge is 2.34. The molecule has 1 rings (SSSR count). The number of nitrogens with one attached hydrogen (secondary N) is 2. The van der Waals surface area contributed by atoms with Gasteiger partial charge in [-0.2, -0.15) is 0 Å². The van der Waals surface area contributed by atoms with Crippen LogP contribution in [-0.2, 0) is 4.79 Å². The second-order valence-corrected chi connectivity index (χ2v) is 2.46. The number of β-lactam (4-membered cyclic amide) rings is 1. The Morgan fingerprint density at radius 3 is 2.67 bits per heavy atom. The van der Waals surface area contributed by atoms with E-state index in [1.807, 2.05) is 14.0 Å². The first kappa shape index (κ1) is 6.55. The van der Waals surface area contributed by atoms with E-state index in [-0.39, 0.29) is 11.8 Å². The third-order valence-corrected chi connectivity index (χ3v) is 1.73. The fraction of sp³-hybridized carbons (Fsp3) is 0.833. The molecule has 0 saturated carbocycles. The summed E-state index contributed by atoms with van der Waals surface area (Å²) in [6, 6.07) is 0.366. The lowest BCUT2D eigenvalue weighted by molar-refractivity contribution is -0.134. The number of amides is 1. The maximum Gasteiger partial charge on any atom is 0.226 e. The van der Waals surface area contributed by atoms with E-state index in [1.165, 1.54) is 0 Å². The van der Waals surface area contributed by atoms with Crippen molar-refractivity contribution < 1.29 is 4.79 Å². The van der Waals surface area contributed by atoms with Crippen LogP contribution in [0.25, 0.3) is 0 Å². The van der Waals surface area contributed by atoms with E-state index in [9.17, 15) is 4.79 Å². The summed E-state index contributed by atoms with van der Waals surface area (Å²) in [5.74, 6) is 0.381. The van der Waals surface area contributed by atoms with E-state index in [2.05, 4.69) is 10.6 Å². The monoisotopic (exact) mass is 128 g/mol. The molecule has 9 heavy (non-hydrogen) atoms. The van der Waals surface area contributed by atoms with E-state index < -0.39 is 0 Å². The first-order chi connectivity index (χ1) is 4.25. The van der Waals surface area contributed by atoms with Crippen molar-refractivity contribution in [3.05, 3.63) is 0 Å². The number of rotatable bonds is 2. The molecule has 0 radical (unpaired) electrons. The van der Waals surface area contributed by atoms with Gasteiger partial charge in [-0.05, 0) is 14.0 Å². The average molecular weight is 128 g/mol. The van der Waals surface area contributed by atoms with Crippen molar-refractivity contribution in [2.45, 2.75) is 13.0 Å². The van der Waals surface area contributed by atoms with Crippen molar-refractivity contribution >= 4 is 5.91 Å². The summed E-state index contributed by atoms with van der Waals surface area (Å²) in [5.41, 5.74) is 0. The van der Waals surface area contributed by atoms with Crippen LogP contribution in [0.2, 0.25) is 0 Å². The largest absolute Gasteiger partial charge is 0.352 e. The van der Waals surface area contributed by atoms with Gasteiger partial charge in [-0.3, -0.25) is 4.79 Å². The molecule has 2 atom stereocenters. The Morgan fingerprint density at radius 2 is 2.44 bits per heavy atom. The fourth-order valence-electron chi connectivity index (χ4n) is 1.05. The van der Waals surface area contributed by atoms with Crippen LogP contribution in [0.1, 0.15) is 6.92 Å². The SMILES string of the molecule is CNC[C@H]1C(=O)N[C@@H]1C. The van der Waals surface area contributed by atoms with E-state index in [0.29, 0.717) is 6.04 Å². The third-order valence-electron chi connectivity index (χ3n) is 1.73. The predicted octanol–water partition coefficient (Wildman–Crippen LogP) is -0.660. The Hall–Kier alpha value is -0.570. The molecule has 1 aliphatic heterocycles. The summed E-state index contributed by atoms with van der Waals surface area (Å²) in [6.45, 7) is 2.82. The number of hydrogen-bond donors (Lipinski definition) is 2. The molecule has 3 heteroatoms. The second kappa shape index (κ2) is 2.35. The van der Waals surface area contributed by atoms with Gasteiger partial charge in [0.05, 0.1) is 5.92 Å². The van der Waals surface area contributed by atoms with Crippen molar-refractivity contribution in [1.82, 2.24) is 10.6 Å². The van der Waals surface area contributed by atoms with Crippen molar-refractivity contribution in [3.8, 4) is 0 Å². The lowest BCUT2D eigenvalue weighted by Gasteiger charge is -2.33. The van der Waals surface area contributed by atoms with Crippen molar-refractivity contribution in [2.75, 3.05) is 13.6 Å². The summed E-state index contributed by atoms with van der Waals surface area (Å²) in [6.07, 6.45) is 0. The van der Waals surface area contributed by atoms with Crippen molar-refractivity contribution in [2.24, 2.45) is 5.92 Å². The van der Waals surface area contributed by atoms with E-state index in [4.69, 9.17) is 0 Å². The molecule has 1 heterocycles. The molecule has 2 N–H and O–H groups in total. The highest BCUT2D eigenvalue weighted by atomic mass is 16.2. The standard InChI is InChI=1S/C6H12N2O/c1-4-5(3-7-2)6(9)8-4/h4-5,7H,3H2,1-2H3,(H,8,9)/t4-,5-/m1/s1. The molecule has 1 amide bonds. The number of hydrogen-bond acceptors (Lipinski definition) is 2. The maximum atomic E-state index is 10.7. The van der Waals surface area contributed by atoms with Gasteiger partial charge < -0.3 is 10.6 Å². The Balaban J connectivity index is 2.30. The van der Waals surface area contributed by atoms with Crippen LogP contribution < -0.4 is 10.6 Å². The van der Waals surface area contributed by atoms with Gasteiger partial charge in [-0.1, -0.05) is 0 Å². The molecule has 52 valence electrons. The zero-order valence-corrected chi connectivity index (χ0v) is 5.77. The van der Waals surface area contributed by atoms with Crippen LogP contribution in [0, 0.1) is 5.92 Å². The van der Waals surface area contributed by atoms with Crippen LogP contribution in [0.15, 0.2) is 0 Å². The van der Waals surface area contributed by atoms with E-state index in [1.54, 1.807) is 0 Å². The zero-order valence-electron chi connectivity index (χ0n) is 5.77. The molecule has 1 fully saturated rings. The summed E-state index contributed by atoms with van der Waals surface area (Å²) >= 11 is 0. The molecule has 3 nitrogen and oxygen atoms in total. The lowest BCUT2D eigenvalue weighted by atomic mass is 9.92. The molecular formula is C6H12N2O. The van der Waals surface area contributed by atoms with E-state index in [0.717, 1.165) is 6.54 Å². The Kier molecular flexibility index (Phi) is 1.71. The minimum atomic E-state index is 0.178. The van der Waals surface area contributed by atoms with E-state index >= 15 is 0 Å². The molecule has 0 aromatic heterocycles. The van der Waals surface area contributed by atoms with Gasteiger partial charge in [0.1, 0.15) is 0 Å². The van der Waals surface area contributed by atoms with Gasteiger partial charge in [-0.25, -0.2) is 0 Å². The van der Waals surface area contributed by atoms with Crippen LogP contribution in [0.3, 0.4) is 0 Å². The summed E-state index contributed by atoms with van der Waals surface area (Å²) in [7, 11) is 1.86. The third kappa shape index (κ3) is 1.05. The molecule has 0 aliphatic carbocycles. The van der Waals surface area contributed by atoms with Crippen molar-refractivity contribution in [1.29, 1.82) is 0 Å².